The van der Waals surface area contributed by atoms with Gasteiger partial charge in [-0.25, -0.2) is 16.8 Å². The second-order valence-corrected chi connectivity index (χ2v) is 11.8. The fourth-order valence-corrected chi connectivity index (χ4v) is 5.73. The molecule has 0 atom stereocenters. The van der Waals surface area contributed by atoms with Crippen LogP contribution in [-0.2, 0) is 20.0 Å². The number of fused-ring (bicyclic) bond motifs is 1. The lowest BCUT2D eigenvalue weighted by Gasteiger charge is -2.20. The van der Waals surface area contributed by atoms with Crippen LogP contribution in [0.3, 0.4) is 0 Å². The van der Waals surface area contributed by atoms with E-state index >= 15 is 0 Å². The van der Waals surface area contributed by atoms with Gasteiger partial charge >= 0.3 is 0 Å². The Bertz CT molecular complexity index is 1660. The third-order valence-corrected chi connectivity index (χ3v) is 8.11. The van der Waals surface area contributed by atoms with Crippen molar-refractivity contribution < 1.29 is 21.6 Å². The van der Waals surface area contributed by atoms with Gasteiger partial charge in [0.1, 0.15) is 0 Å². The van der Waals surface area contributed by atoms with Crippen molar-refractivity contribution in [2.24, 2.45) is 0 Å². The van der Waals surface area contributed by atoms with Gasteiger partial charge in [0.25, 0.3) is 15.9 Å². The topological polar surface area (TPSA) is 113 Å². The number of nitrogens with zero attached hydrogens (tertiary/aromatic N) is 1. The summed E-state index contributed by atoms with van der Waals surface area (Å²) in [4.78, 5) is 12.7. The van der Waals surface area contributed by atoms with E-state index in [0.717, 1.165) is 17.0 Å². The first-order chi connectivity index (χ1) is 17.6. The van der Waals surface area contributed by atoms with Crippen molar-refractivity contribution in [1.29, 1.82) is 0 Å². The van der Waals surface area contributed by atoms with Crippen LogP contribution < -0.4 is 14.3 Å². The molecule has 0 unspecified atom stereocenters. The maximum atomic E-state index is 13.0. The predicted molar refractivity (Wildman–Crippen MR) is 148 cm³/mol. The van der Waals surface area contributed by atoms with E-state index in [2.05, 4.69) is 16.6 Å². The van der Waals surface area contributed by atoms with E-state index < -0.39 is 26.0 Å². The van der Waals surface area contributed by atoms with Crippen molar-refractivity contribution in [2.75, 3.05) is 27.1 Å². The summed E-state index contributed by atoms with van der Waals surface area (Å²) < 4.78 is 53.7. The molecular formula is C27H25N3O5S2. The average Bonchev–Trinajstić information content (AvgIpc) is 2.87. The van der Waals surface area contributed by atoms with Gasteiger partial charge in [-0.3, -0.25) is 13.8 Å². The van der Waals surface area contributed by atoms with Gasteiger partial charge in [0.2, 0.25) is 10.0 Å². The molecule has 4 aromatic rings. The molecule has 1 amide bonds. The molecule has 0 aliphatic carbocycles. The lowest BCUT2D eigenvalue weighted by Crippen LogP contribution is -2.29. The second kappa shape index (κ2) is 10.5. The van der Waals surface area contributed by atoms with Gasteiger partial charge in [0.15, 0.2) is 0 Å². The van der Waals surface area contributed by atoms with Crippen LogP contribution in [-0.4, -0.2) is 35.5 Å². The SMILES string of the molecule is C=CCN(c1ccc(C(=O)Nc2ccc(S(=O)(=O)Nc3cccc4ccccc34)cc2)cc1)S(C)(=O)=O. The number of carbonyl (C=O) groups is 1. The summed E-state index contributed by atoms with van der Waals surface area (Å²) in [7, 11) is -7.36. The van der Waals surface area contributed by atoms with Crippen LogP contribution in [0.25, 0.3) is 10.8 Å². The van der Waals surface area contributed by atoms with Crippen molar-refractivity contribution >= 4 is 53.8 Å². The van der Waals surface area contributed by atoms with Crippen LogP contribution >= 0.6 is 0 Å². The number of hydrogen-bond acceptors (Lipinski definition) is 5. The van der Waals surface area contributed by atoms with E-state index in [1.54, 1.807) is 12.1 Å². The first kappa shape index (κ1) is 25.9. The largest absolute Gasteiger partial charge is 0.322 e. The molecule has 0 radical (unpaired) electrons. The summed E-state index contributed by atoms with van der Waals surface area (Å²) in [6, 6.07) is 24.8. The summed E-state index contributed by atoms with van der Waals surface area (Å²) >= 11 is 0. The van der Waals surface area contributed by atoms with Gasteiger partial charge in [-0.05, 0) is 60.0 Å². The lowest BCUT2D eigenvalue weighted by molar-refractivity contribution is 0.102. The average molecular weight is 536 g/mol. The van der Waals surface area contributed by atoms with Gasteiger partial charge in [0.05, 0.1) is 29.1 Å². The number of benzene rings is 4. The number of anilines is 3. The monoisotopic (exact) mass is 535 g/mol. The van der Waals surface area contributed by atoms with Gasteiger partial charge in [-0.1, -0.05) is 42.5 Å². The van der Waals surface area contributed by atoms with Crippen LogP contribution in [0.1, 0.15) is 10.4 Å². The molecule has 0 saturated carbocycles. The molecule has 0 heterocycles. The Balaban J connectivity index is 1.47. The van der Waals surface area contributed by atoms with Crippen LogP contribution in [0.4, 0.5) is 17.1 Å². The molecule has 8 nitrogen and oxygen atoms in total. The molecule has 0 saturated heterocycles. The molecule has 190 valence electrons. The maximum Gasteiger partial charge on any atom is 0.261 e. The van der Waals surface area contributed by atoms with E-state index in [1.165, 1.54) is 58.9 Å². The zero-order chi connectivity index (χ0) is 26.6. The molecule has 0 aliphatic rings. The number of nitrogens with one attached hydrogen (secondary N) is 2. The lowest BCUT2D eigenvalue weighted by atomic mass is 10.1. The molecular weight excluding hydrogens is 510 g/mol. The first-order valence-electron chi connectivity index (χ1n) is 11.2. The fraction of sp³-hybridized carbons (Fsp3) is 0.0741. The molecule has 0 spiro atoms. The fourth-order valence-electron chi connectivity index (χ4n) is 3.77. The van der Waals surface area contributed by atoms with Gasteiger partial charge in [-0.2, -0.15) is 0 Å². The van der Waals surface area contributed by atoms with Crippen molar-refractivity contribution in [3.8, 4) is 0 Å². The highest BCUT2D eigenvalue weighted by Crippen LogP contribution is 2.26. The Labute approximate surface area is 216 Å². The van der Waals surface area contributed by atoms with Crippen molar-refractivity contribution in [2.45, 2.75) is 4.90 Å². The molecule has 4 rings (SSSR count). The summed E-state index contributed by atoms with van der Waals surface area (Å²) in [5.41, 5.74) is 1.60. The van der Waals surface area contributed by atoms with Crippen molar-refractivity contribution in [3.05, 3.63) is 109 Å². The van der Waals surface area contributed by atoms with Crippen molar-refractivity contribution in [1.82, 2.24) is 0 Å². The van der Waals surface area contributed by atoms with Crippen LogP contribution in [0.2, 0.25) is 0 Å². The van der Waals surface area contributed by atoms with Gasteiger partial charge in [-0.15, -0.1) is 6.58 Å². The van der Waals surface area contributed by atoms with E-state index in [-0.39, 0.29) is 11.4 Å². The zero-order valence-electron chi connectivity index (χ0n) is 20.0. The van der Waals surface area contributed by atoms with E-state index in [0.29, 0.717) is 22.6 Å². The summed E-state index contributed by atoms with van der Waals surface area (Å²) in [5.74, 6) is -0.425. The molecule has 4 aromatic carbocycles. The van der Waals surface area contributed by atoms with Gasteiger partial charge < -0.3 is 5.32 Å². The Hall–Kier alpha value is -4.15. The molecule has 10 heteroatoms. The standard InChI is InChI=1S/C27H25N3O5S2/c1-3-19-30(36(2,32)33)23-15-11-21(12-16-23)27(31)28-22-13-17-24(18-14-22)37(34,35)29-26-10-6-8-20-7-4-5-9-25(20)26/h3-18,29H,1,19H2,2H3,(H,28,31). The van der Waals surface area contributed by atoms with E-state index in [9.17, 15) is 21.6 Å². The smallest absolute Gasteiger partial charge is 0.261 e. The van der Waals surface area contributed by atoms with E-state index in [4.69, 9.17) is 0 Å². The molecule has 0 fully saturated rings. The Morgan fingerprint density at radius 2 is 1.51 bits per heavy atom. The Morgan fingerprint density at radius 1 is 0.865 bits per heavy atom. The Morgan fingerprint density at radius 3 is 2.16 bits per heavy atom. The summed E-state index contributed by atoms with van der Waals surface area (Å²) in [5, 5.41) is 4.41. The van der Waals surface area contributed by atoms with E-state index in [1.807, 2.05) is 30.3 Å². The highest BCUT2D eigenvalue weighted by molar-refractivity contribution is 7.92. The number of sulfonamides is 2. The number of amides is 1. The molecule has 0 bridgehead atoms. The van der Waals surface area contributed by atoms with Crippen LogP contribution in [0, 0.1) is 0 Å². The highest BCUT2D eigenvalue weighted by Gasteiger charge is 2.18. The number of rotatable bonds is 9. The second-order valence-electron chi connectivity index (χ2n) is 8.24. The van der Waals surface area contributed by atoms with Gasteiger partial charge in [0, 0.05) is 16.6 Å². The quantitative estimate of drug-likeness (QED) is 0.298. The maximum absolute atomic E-state index is 13.0. The van der Waals surface area contributed by atoms with Crippen LogP contribution in [0.15, 0.2) is 109 Å². The minimum atomic E-state index is -3.86. The minimum absolute atomic E-state index is 0.0471. The first-order valence-corrected chi connectivity index (χ1v) is 14.5. The Kier molecular flexibility index (Phi) is 7.33. The molecule has 37 heavy (non-hydrogen) atoms. The zero-order valence-corrected chi connectivity index (χ0v) is 21.6. The number of carbonyl (C=O) groups excluding carboxylic acids is 1. The summed E-state index contributed by atoms with van der Waals surface area (Å²) in [6.45, 7) is 3.68. The molecule has 2 N–H and O–H groups in total. The highest BCUT2D eigenvalue weighted by atomic mass is 32.2. The third kappa shape index (κ3) is 5.99. The molecule has 0 aromatic heterocycles. The normalized spacial score (nSPS) is 11.6. The number of hydrogen-bond donors (Lipinski definition) is 2. The summed E-state index contributed by atoms with van der Waals surface area (Å²) in [6.07, 6.45) is 2.57. The molecule has 0 aliphatic heterocycles. The van der Waals surface area contributed by atoms with Crippen LogP contribution in [0.5, 0.6) is 0 Å². The third-order valence-electron chi connectivity index (χ3n) is 5.57. The van der Waals surface area contributed by atoms with Crippen molar-refractivity contribution in [3.63, 3.8) is 0 Å². The predicted octanol–water partition coefficient (Wildman–Crippen LogP) is 4.84. The minimum Gasteiger partial charge on any atom is -0.322 e.